The molecule has 0 radical (unpaired) electrons. The van der Waals surface area contributed by atoms with E-state index in [0.717, 1.165) is 5.56 Å². The van der Waals surface area contributed by atoms with Crippen molar-refractivity contribution in [1.82, 2.24) is 10.2 Å². The number of hydrogen-bond donors (Lipinski definition) is 2. The number of carbonyl (C=O) groups is 2. The van der Waals surface area contributed by atoms with Gasteiger partial charge in [-0.25, -0.2) is 0 Å². The van der Waals surface area contributed by atoms with E-state index in [1.54, 1.807) is 30.9 Å². The minimum absolute atomic E-state index is 0.302. The van der Waals surface area contributed by atoms with Gasteiger partial charge in [-0.05, 0) is 31.9 Å². The molecule has 29 heavy (non-hydrogen) atoms. The van der Waals surface area contributed by atoms with Crippen molar-refractivity contribution in [3.63, 3.8) is 0 Å². The summed E-state index contributed by atoms with van der Waals surface area (Å²) < 4.78 is 0. The molecule has 148 valence electrons. The maximum absolute atomic E-state index is 13.3. The van der Waals surface area contributed by atoms with Crippen LogP contribution in [0, 0.1) is 13.8 Å². The van der Waals surface area contributed by atoms with E-state index in [9.17, 15) is 14.7 Å². The molecule has 4 rings (SSSR count). The van der Waals surface area contributed by atoms with Crippen LogP contribution in [0.3, 0.4) is 0 Å². The molecule has 0 spiro atoms. The number of anilines is 1. The van der Waals surface area contributed by atoms with Gasteiger partial charge in [0.05, 0.1) is 23.4 Å². The number of nitrogens with zero attached hydrogens (tertiary/aromatic N) is 2. The van der Waals surface area contributed by atoms with Crippen LogP contribution in [0.1, 0.15) is 39.3 Å². The highest BCUT2D eigenvalue weighted by Gasteiger charge is 2.50. The third kappa shape index (κ3) is 3.25. The van der Waals surface area contributed by atoms with Crippen molar-refractivity contribution in [2.24, 2.45) is 0 Å². The molecule has 2 aromatic carbocycles. The fraction of sp³-hybridized carbons (Fsp3) is 0.261. The zero-order chi connectivity index (χ0) is 20.6. The summed E-state index contributed by atoms with van der Waals surface area (Å²) in [4.78, 5) is 27.8. The van der Waals surface area contributed by atoms with Crippen LogP contribution in [0.25, 0.3) is 0 Å². The Kier molecular flexibility index (Phi) is 4.80. The number of H-pyrrole nitrogens is 1. The Hall–Kier alpha value is -3.25. The number of aromatic amines is 1. The number of aromatic nitrogens is 2. The van der Waals surface area contributed by atoms with Crippen molar-refractivity contribution >= 4 is 17.4 Å². The van der Waals surface area contributed by atoms with Gasteiger partial charge in [0.25, 0.3) is 5.91 Å². The lowest BCUT2D eigenvalue weighted by atomic mass is 9.87. The molecular weight excluding hydrogens is 366 g/mol. The van der Waals surface area contributed by atoms with Gasteiger partial charge in [0.15, 0.2) is 11.4 Å². The maximum atomic E-state index is 13.3. The third-order valence-electron chi connectivity index (χ3n) is 5.53. The first-order chi connectivity index (χ1) is 13.9. The summed E-state index contributed by atoms with van der Waals surface area (Å²) in [5.41, 5.74) is 2.00. The first-order valence-corrected chi connectivity index (χ1v) is 9.64. The van der Waals surface area contributed by atoms with Crippen LogP contribution in [-0.4, -0.2) is 33.5 Å². The summed E-state index contributed by atoms with van der Waals surface area (Å²) in [6.07, 6.45) is 0.344. The summed E-state index contributed by atoms with van der Waals surface area (Å²) in [6, 6.07) is 17.0. The molecule has 0 unspecified atom stereocenters. The van der Waals surface area contributed by atoms with E-state index in [4.69, 9.17) is 0 Å². The predicted molar refractivity (Wildman–Crippen MR) is 110 cm³/mol. The van der Waals surface area contributed by atoms with Crippen LogP contribution in [0.5, 0.6) is 0 Å². The fourth-order valence-corrected chi connectivity index (χ4v) is 4.07. The molecule has 1 atom stereocenters. The SMILES string of the molecule is Cc1n[nH]c(C)c1C(=O)C[C@]1(O)C(=O)N(CCc2ccccc2)c2ccccc21. The Labute approximate surface area is 169 Å². The van der Waals surface area contributed by atoms with Crippen molar-refractivity contribution in [2.75, 3.05) is 11.4 Å². The average molecular weight is 389 g/mol. The van der Waals surface area contributed by atoms with Gasteiger partial charge in [-0.15, -0.1) is 0 Å². The van der Waals surface area contributed by atoms with Crippen molar-refractivity contribution in [2.45, 2.75) is 32.3 Å². The number of Topliss-reactive ketones (excluding diaryl/α,β-unsaturated/α-hetero) is 1. The first-order valence-electron chi connectivity index (χ1n) is 9.64. The second kappa shape index (κ2) is 7.29. The van der Waals surface area contributed by atoms with E-state index < -0.39 is 11.5 Å². The number of benzene rings is 2. The number of aliphatic hydroxyl groups is 1. The second-order valence-electron chi connectivity index (χ2n) is 7.48. The number of nitrogens with one attached hydrogen (secondary N) is 1. The lowest BCUT2D eigenvalue weighted by Gasteiger charge is -2.23. The van der Waals surface area contributed by atoms with Crippen molar-refractivity contribution in [1.29, 1.82) is 0 Å². The first kappa shape index (κ1) is 19.1. The van der Waals surface area contributed by atoms with Gasteiger partial charge in [0.2, 0.25) is 0 Å². The monoisotopic (exact) mass is 389 g/mol. The smallest absolute Gasteiger partial charge is 0.264 e. The highest BCUT2D eigenvalue weighted by molar-refractivity contribution is 6.11. The lowest BCUT2D eigenvalue weighted by Crippen LogP contribution is -2.42. The number of rotatable bonds is 6. The highest BCUT2D eigenvalue weighted by Crippen LogP contribution is 2.43. The van der Waals surface area contributed by atoms with E-state index >= 15 is 0 Å². The van der Waals surface area contributed by atoms with Crippen molar-refractivity contribution in [3.05, 3.63) is 82.7 Å². The molecular formula is C23H23N3O3. The van der Waals surface area contributed by atoms with Crippen LogP contribution in [0.2, 0.25) is 0 Å². The third-order valence-corrected chi connectivity index (χ3v) is 5.53. The molecule has 0 saturated carbocycles. The number of carbonyl (C=O) groups excluding carboxylic acids is 2. The molecule has 0 bridgehead atoms. The minimum atomic E-state index is -1.87. The molecule has 1 aromatic heterocycles. The lowest BCUT2D eigenvalue weighted by molar-refractivity contribution is -0.135. The van der Waals surface area contributed by atoms with Gasteiger partial charge in [0.1, 0.15) is 0 Å². The zero-order valence-corrected chi connectivity index (χ0v) is 16.5. The number of ketones is 1. The topological polar surface area (TPSA) is 86.3 Å². The summed E-state index contributed by atoms with van der Waals surface area (Å²) in [5, 5.41) is 18.2. The molecule has 6 nitrogen and oxygen atoms in total. The molecule has 3 aromatic rings. The Morgan fingerprint density at radius 2 is 1.79 bits per heavy atom. The van der Waals surface area contributed by atoms with Gasteiger partial charge in [-0.3, -0.25) is 14.7 Å². The number of para-hydroxylation sites is 1. The average Bonchev–Trinajstić information content (AvgIpc) is 3.16. The molecule has 6 heteroatoms. The molecule has 1 aliphatic heterocycles. The van der Waals surface area contributed by atoms with Crippen LogP contribution in [0.15, 0.2) is 54.6 Å². The highest BCUT2D eigenvalue weighted by atomic mass is 16.3. The van der Waals surface area contributed by atoms with Crippen LogP contribution < -0.4 is 4.90 Å². The number of hydrogen-bond acceptors (Lipinski definition) is 4. The van der Waals surface area contributed by atoms with Crippen LogP contribution in [-0.2, 0) is 16.8 Å². The van der Waals surface area contributed by atoms with Crippen molar-refractivity contribution in [3.8, 4) is 0 Å². The van der Waals surface area contributed by atoms with Gasteiger partial charge < -0.3 is 10.0 Å². The largest absolute Gasteiger partial charge is 0.375 e. The van der Waals surface area contributed by atoms with E-state index in [1.807, 2.05) is 42.5 Å². The number of aryl methyl sites for hydroxylation is 2. The van der Waals surface area contributed by atoms with Gasteiger partial charge in [-0.2, -0.15) is 5.10 Å². The maximum Gasteiger partial charge on any atom is 0.264 e. The summed E-state index contributed by atoms with van der Waals surface area (Å²) >= 11 is 0. The van der Waals surface area contributed by atoms with E-state index in [-0.39, 0.29) is 12.2 Å². The molecule has 0 aliphatic carbocycles. The summed E-state index contributed by atoms with van der Waals surface area (Å²) in [7, 11) is 0. The Balaban J connectivity index is 1.63. The van der Waals surface area contributed by atoms with E-state index in [0.29, 0.717) is 41.2 Å². The van der Waals surface area contributed by atoms with Gasteiger partial charge in [0, 0.05) is 17.8 Å². The Morgan fingerprint density at radius 3 is 2.48 bits per heavy atom. The van der Waals surface area contributed by atoms with E-state index in [1.165, 1.54) is 0 Å². The normalized spacial score (nSPS) is 18.2. The minimum Gasteiger partial charge on any atom is -0.375 e. The molecule has 1 aliphatic rings. The summed E-state index contributed by atoms with van der Waals surface area (Å²) in [6.45, 7) is 3.92. The standard InChI is InChI=1S/C23H23N3O3/c1-15-21(16(2)25-24-15)20(27)14-23(29)18-10-6-7-11-19(18)26(22(23)28)13-12-17-8-4-3-5-9-17/h3-11,29H,12-14H2,1-2H3,(H,24,25)/t23-/m1/s1. The fourth-order valence-electron chi connectivity index (χ4n) is 4.07. The summed E-state index contributed by atoms with van der Waals surface area (Å²) in [5.74, 6) is -0.758. The van der Waals surface area contributed by atoms with Gasteiger partial charge >= 0.3 is 0 Å². The second-order valence-corrected chi connectivity index (χ2v) is 7.48. The van der Waals surface area contributed by atoms with E-state index in [2.05, 4.69) is 10.2 Å². The van der Waals surface area contributed by atoms with Crippen LogP contribution >= 0.6 is 0 Å². The van der Waals surface area contributed by atoms with Crippen LogP contribution in [0.4, 0.5) is 5.69 Å². The quantitative estimate of drug-likeness (QED) is 0.635. The molecule has 2 heterocycles. The molecule has 1 amide bonds. The molecule has 0 saturated heterocycles. The predicted octanol–water partition coefficient (Wildman–Crippen LogP) is 3.08. The van der Waals surface area contributed by atoms with Gasteiger partial charge in [-0.1, -0.05) is 48.5 Å². The Bertz CT molecular complexity index is 1050. The number of amides is 1. The number of fused-ring (bicyclic) bond motifs is 1. The molecule has 2 N–H and O–H groups in total. The Morgan fingerprint density at radius 1 is 1.10 bits per heavy atom. The van der Waals surface area contributed by atoms with Crippen molar-refractivity contribution < 1.29 is 14.7 Å². The molecule has 0 fully saturated rings. The zero-order valence-electron chi connectivity index (χ0n) is 16.5.